The Morgan fingerprint density at radius 3 is 2.70 bits per heavy atom. The molecule has 1 aromatic rings. The molecule has 1 aliphatic heterocycles. The van der Waals surface area contributed by atoms with E-state index in [-0.39, 0.29) is 18.1 Å². The van der Waals surface area contributed by atoms with Gasteiger partial charge in [-0.15, -0.1) is 0 Å². The molecule has 3 atom stereocenters. The van der Waals surface area contributed by atoms with Crippen LogP contribution in [-0.4, -0.2) is 19.3 Å². The van der Waals surface area contributed by atoms with Crippen molar-refractivity contribution in [2.75, 3.05) is 13.2 Å². The first-order valence-corrected chi connectivity index (χ1v) is 7.39. The van der Waals surface area contributed by atoms with Crippen LogP contribution in [-0.2, 0) is 4.74 Å². The Bertz CT molecular complexity index is 464. The average Bonchev–Trinajstić information content (AvgIpc) is 2.91. The van der Waals surface area contributed by atoms with Crippen molar-refractivity contribution >= 4 is 0 Å². The number of rotatable bonds is 5. The first-order chi connectivity index (χ1) is 9.60. The molecular weight excluding hydrogens is 260 g/mol. The summed E-state index contributed by atoms with van der Waals surface area (Å²) in [5.74, 6) is -1.27. The van der Waals surface area contributed by atoms with E-state index >= 15 is 0 Å². The molecular formula is C16H23F2NO. The molecule has 2 nitrogen and oxygen atoms in total. The number of aryl methyl sites for hydroxylation is 1. The highest BCUT2D eigenvalue weighted by Gasteiger charge is 2.35. The van der Waals surface area contributed by atoms with Crippen LogP contribution in [0.15, 0.2) is 12.1 Å². The molecule has 1 fully saturated rings. The molecule has 1 aliphatic rings. The highest BCUT2D eigenvalue weighted by molar-refractivity contribution is 5.28. The van der Waals surface area contributed by atoms with Crippen LogP contribution >= 0.6 is 0 Å². The molecule has 1 aromatic carbocycles. The van der Waals surface area contributed by atoms with Gasteiger partial charge in [-0.2, -0.15) is 0 Å². The lowest BCUT2D eigenvalue weighted by Gasteiger charge is -2.28. The molecule has 3 unspecified atom stereocenters. The van der Waals surface area contributed by atoms with Gasteiger partial charge < -0.3 is 10.1 Å². The maximum absolute atomic E-state index is 14.3. The summed E-state index contributed by atoms with van der Waals surface area (Å²) in [7, 11) is 0. The predicted molar refractivity (Wildman–Crippen MR) is 75.7 cm³/mol. The zero-order chi connectivity index (χ0) is 14.7. The van der Waals surface area contributed by atoms with Crippen LogP contribution in [0.25, 0.3) is 0 Å². The van der Waals surface area contributed by atoms with E-state index in [4.69, 9.17) is 4.74 Å². The molecule has 0 bridgehead atoms. The molecule has 1 saturated heterocycles. The van der Waals surface area contributed by atoms with E-state index in [1.54, 1.807) is 19.1 Å². The number of hydrogen-bond donors (Lipinski definition) is 1. The van der Waals surface area contributed by atoms with Crippen molar-refractivity contribution < 1.29 is 13.5 Å². The average molecular weight is 283 g/mol. The number of ether oxygens (including phenoxy) is 1. The summed E-state index contributed by atoms with van der Waals surface area (Å²) in [6.45, 7) is 7.04. The third-order valence-electron chi connectivity index (χ3n) is 4.16. The van der Waals surface area contributed by atoms with Gasteiger partial charge in [0.1, 0.15) is 0 Å². The maximum atomic E-state index is 14.3. The van der Waals surface area contributed by atoms with Crippen molar-refractivity contribution in [2.24, 2.45) is 5.92 Å². The second kappa shape index (κ2) is 6.64. The summed E-state index contributed by atoms with van der Waals surface area (Å²) in [5.41, 5.74) is 0.764. The Morgan fingerprint density at radius 1 is 1.30 bits per heavy atom. The van der Waals surface area contributed by atoms with E-state index in [0.717, 1.165) is 12.8 Å². The molecule has 1 N–H and O–H groups in total. The Labute approximate surface area is 119 Å². The molecule has 0 radical (unpaired) electrons. The number of halogens is 2. The summed E-state index contributed by atoms with van der Waals surface area (Å²) in [4.78, 5) is 0. The van der Waals surface area contributed by atoms with Crippen LogP contribution < -0.4 is 5.32 Å². The number of hydrogen-bond acceptors (Lipinski definition) is 2. The van der Waals surface area contributed by atoms with Crippen molar-refractivity contribution in [1.29, 1.82) is 0 Å². The van der Waals surface area contributed by atoms with E-state index in [1.807, 2.05) is 6.92 Å². The smallest absolute Gasteiger partial charge is 0.163 e. The largest absolute Gasteiger partial charge is 0.378 e. The summed E-state index contributed by atoms with van der Waals surface area (Å²) in [6, 6.07) is 3.16. The van der Waals surface area contributed by atoms with Gasteiger partial charge in [-0.05, 0) is 31.9 Å². The minimum atomic E-state index is -0.739. The maximum Gasteiger partial charge on any atom is 0.163 e. The molecule has 1 heterocycles. The first kappa shape index (κ1) is 15.4. The van der Waals surface area contributed by atoms with Gasteiger partial charge in [-0.3, -0.25) is 0 Å². The van der Waals surface area contributed by atoms with Gasteiger partial charge in [0.25, 0.3) is 0 Å². The highest BCUT2D eigenvalue weighted by atomic mass is 19.2. The SMILES string of the molecule is CCNC(c1ccc(C)c(F)c1F)C1CCOC1CC. The quantitative estimate of drug-likeness (QED) is 0.889. The van der Waals surface area contributed by atoms with Gasteiger partial charge in [0, 0.05) is 24.1 Å². The van der Waals surface area contributed by atoms with E-state index in [0.29, 0.717) is 24.3 Å². The van der Waals surface area contributed by atoms with Crippen LogP contribution in [0.2, 0.25) is 0 Å². The van der Waals surface area contributed by atoms with Crippen LogP contribution in [0.1, 0.15) is 43.9 Å². The monoisotopic (exact) mass is 283 g/mol. The van der Waals surface area contributed by atoms with Gasteiger partial charge >= 0.3 is 0 Å². The van der Waals surface area contributed by atoms with Gasteiger partial charge in [-0.1, -0.05) is 26.0 Å². The fourth-order valence-electron chi connectivity index (χ4n) is 3.08. The molecule has 0 saturated carbocycles. The van der Waals surface area contributed by atoms with Crippen LogP contribution in [0.5, 0.6) is 0 Å². The lowest BCUT2D eigenvalue weighted by molar-refractivity contribution is 0.0771. The van der Waals surface area contributed by atoms with Gasteiger partial charge in [0.15, 0.2) is 11.6 Å². The molecule has 20 heavy (non-hydrogen) atoms. The molecule has 0 amide bonds. The summed E-state index contributed by atoms with van der Waals surface area (Å²) < 4.78 is 33.8. The fourth-order valence-corrected chi connectivity index (χ4v) is 3.08. The third-order valence-corrected chi connectivity index (χ3v) is 4.16. The lowest BCUT2D eigenvalue weighted by Crippen LogP contribution is -2.33. The summed E-state index contributed by atoms with van der Waals surface area (Å²) in [6.07, 6.45) is 1.89. The molecule has 112 valence electrons. The van der Waals surface area contributed by atoms with Crippen LogP contribution in [0.4, 0.5) is 8.78 Å². The molecule has 2 rings (SSSR count). The van der Waals surface area contributed by atoms with Gasteiger partial charge in [0.05, 0.1) is 6.10 Å². The summed E-state index contributed by atoms with van der Waals surface area (Å²) in [5, 5.41) is 3.31. The summed E-state index contributed by atoms with van der Waals surface area (Å²) >= 11 is 0. The topological polar surface area (TPSA) is 21.3 Å². The molecule has 0 spiro atoms. The van der Waals surface area contributed by atoms with E-state index in [1.165, 1.54) is 0 Å². The normalized spacial score (nSPS) is 24.1. The number of nitrogens with one attached hydrogen (secondary N) is 1. The Balaban J connectivity index is 2.36. The van der Waals surface area contributed by atoms with Crippen molar-refractivity contribution in [3.05, 3.63) is 34.9 Å². The highest BCUT2D eigenvalue weighted by Crippen LogP contribution is 2.36. The van der Waals surface area contributed by atoms with E-state index in [2.05, 4.69) is 12.2 Å². The second-order valence-electron chi connectivity index (χ2n) is 5.41. The second-order valence-corrected chi connectivity index (χ2v) is 5.41. The van der Waals surface area contributed by atoms with Crippen molar-refractivity contribution in [1.82, 2.24) is 5.32 Å². The molecule has 0 aromatic heterocycles. The Kier molecular flexibility index (Phi) is 5.11. The number of benzene rings is 1. The van der Waals surface area contributed by atoms with Gasteiger partial charge in [-0.25, -0.2) is 8.78 Å². The molecule has 4 heteroatoms. The predicted octanol–water partition coefficient (Wildman–Crippen LogP) is 3.74. The zero-order valence-electron chi connectivity index (χ0n) is 12.4. The Morgan fingerprint density at radius 2 is 2.05 bits per heavy atom. The van der Waals surface area contributed by atoms with E-state index in [9.17, 15) is 8.78 Å². The standard InChI is InChI=1S/C16H23F2NO/c1-4-13-11(8-9-20-13)16(19-5-2)12-7-6-10(3)14(17)15(12)18/h6-7,11,13,16,19H,4-5,8-9H2,1-3H3. The third kappa shape index (κ3) is 2.86. The van der Waals surface area contributed by atoms with Crippen molar-refractivity contribution in [3.63, 3.8) is 0 Å². The lowest BCUT2D eigenvalue weighted by atomic mass is 9.86. The Hall–Kier alpha value is -1.00. The van der Waals surface area contributed by atoms with E-state index < -0.39 is 11.6 Å². The van der Waals surface area contributed by atoms with Crippen molar-refractivity contribution in [2.45, 2.75) is 45.8 Å². The van der Waals surface area contributed by atoms with Crippen LogP contribution in [0.3, 0.4) is 0 Å². The minimum Gasteiger partial charge on any atom is -0.378 e. The minimum absolute atomic E-state index is 0.114. The zero-order valence-corrected chi connectivity index (χ0v) is 12.4. The van der Waals surface area contributed by atoms with Crippen LogP contribution in [0, 0.1) is 24.5 Å². The molecule has 0 aliphatic carbocycles. The fraction of sp³-hybridized carbons (Fsp3) is 0.625. The van der Waals surface area contributed by atoms with Gasteiger partial charge in [0.2, 0.25) is 0 Å². The first-order valence-electron chi connectivity index (χ1n) is 7.39. The van der Waals surface area contributed by atoms with Crippen molar-refractivity contribution in [3.8, 4) is 0 Å².